The Morgan fingerprint density at radius 3 is 2.70 bits per heavy atom. The van der Waals surface area contributed by atoms with Crippen molar-refractivity contribution in [2.45, 2.75) is 11.8 Å². The highest BCUT2D eigenvalue weighted by Crippen LogP contribution is 2.36. The SMILES string of the molecule is COc1ccc(S(=O)(=O)N2CCOc3ccc(C)cc32)cc1N. The molecule has 1 heterocycles. The van der Waals surface area contributed by atoms with Crippen LogP contribution in [0.4, 0.5) is 11.4 Å². The number of hydrogen-bond donors (Lipinski definition) is 1. The summed E-state index contributed by atoms with van der Waals surface area (Å²) in [5.41, 5.74) is 7.64. The summed E-state index contributed by atoms with van der Waals surface area (Å²) >= 11 is 0. The number of nitrogen functional groups attached to an aromatic ring is 1. The Hall–Kier alpha value is -2.41. The van der Waals surface area contributed by atoms with Crippen molar-refractivity contribution < 1.29 is 17.9 Å². The highest BCUT2D eigenvalue weighted by molar-refractivity contribution is 7.92. The lowest BCUT2D eigenvalue weighted by molar-refractivity contribution is 0.315. The topological polar surface area (TPSA) is 81.9 Å². The van der Waals surface area contributed by atoms with Crippen molar-refractivity contribution in [3.05, 3.63) is 42.0 Å². The second-order valence-electron chi connectivity index (χ2n) is 5.30. The summed E-state index contributed by atoms with van der Waals surface area (Å²) < 4.78 is 38.0. The van der Waals surface area contributed by atoms with E-state index in [-0.39, 0.29) is 17.1 Å². The number of aryl methyl sites for hydroxylation is 1. The molecule has 1 aliphatic heterocycles. The van der Waals surface area contributed by atoms with Crippen LogP contribution in [0.5, 0.6) is 11.5 Å². The van der Waals surface area contributed by atoms with Crippen molar-refractivity contribution in [2.75, 3.05) is 30.3 Å². The highest BCUT2D eigenvalue weighted by atomic mass is 32.2. The molecule has 6 nitrogen and oxygen atoms in total. The average Bonchev–Trinajstić information content (AvgIpc) is 2.54. The Morgan fingerprint density at radius 2 is 2.00 bits per heavy atom. The molecule has 7 heteroatoms. The van der Waals surface area contributed by atoms with Gasteiger partial charge in [0.2, 0.25) is 0 Å². The second kappa shape index (κ2) is 5.66. The summed E-state index contributed by atoms with van der Waals surface area (Å²) in [5, 5.41) is 0. The van der Waals surface area contributed by atoms with E-state index in [4.69, 9.17) is 15.2 Å². The van der Waals surface area contributed by atoms with E-state index in [0.29, 0.717) is 23.8 Å². The molecule has 0 aromatic heterocycles. The average molecular weight is 334 g/mol. The molecule has 0 atom stereocenters. The van der Waals surface area contributed by atoms with Crippen molar-refractivity contribution in [3.63, 3.8) is 0 Å². The first-order chi connectivity index (χ1) is 10.9. The molecule has 2 aromatic carbocycles. The summed E-state index contributed by atoms with van der Waals surface area (Å²) in [6, 6.07) is 9.95. The molecule has 0 fully saturated rings. The molecule has 1 aliphatic rings. The van der Waals surface area contributed by atoms with Crippen LogP contribution in [-0.2, 0) is 10.0 Å². The Balaban J connectivity index is 2.08. The molecule has 0 radical (unpaired) electrons. The molecule has 122 valence electrons. The first-order valence-corrected chi connectivity index (χ1v) is 8.57. The molecule has 0 spiro atoms. The van der Waals surface area contributed by atoms with E-state index in [1.165, 1.54) is 23.5 Å². The molecular weight excluding hydrogens is 316 g/mol. The number of nitrogens with zero attached hydrogens (tertiary/aromatic N) is 1. The molecule has 3 rings (SSSR count). The van der Waals surface area contributed by atoms with E-state index in [1.807, 2.05) is 13.0 Å². The monoisotopic (exact) mass is 334 g/mol. The van der Waals surface area contributed by atoms with Gasteiger partial charge in [0.15, 0.2) is 0 Å². The van der Waals surface area contributed by atoms with Crippen LogP contribution < -0.4 is 19.5 Å². The van der Waals surface area contributed by atoms with Crippen LogP contribution in [-0.4, -0.2) is 28.7 Å². The number of benzene rings is 2. The molecule has 0 bridgehead atoms. The fourth-order valence-corrected chi connectivity index (χ4v) is 4.04. The molecular formula is C16H18N2O4S. The van der Waals surface area contributed by atoms with Gasteiger partial charge in [-0.05, 0) is 42.8 Å². The lowest BCUT2D eigenvalue weighted by Crippen LogP contribution is -2.38. The summed E-state index contributed by atoms with van der Waals surface area (Å²) in [6.07, 6.45) is 0. The molecule has 23 heavy (non-hydrogen) atoms. The number of fused-ring (bicyclic) bond motifs is 1. The maximum Gasteiger partial charge on any atom is 0.264 e. The lowest BCUT2D eigenvalue weighted by atomic mass is 10.2. The van der Waals surface area contributed by atoms with Crippen LogP contribution in [0, 0.1) is 6.92 Å². The zero-order valence-electron chi connectivity index (χ0n) is 12.9. The number of methoxy groups -OCH3 is 1. The van der Waals surface area contributed by atoms with Gasteiger partial charge in [-0.15, -0.1) is 0 Å². The van der Waals surface area contributed by atoms with E-state index >= 15 is 0 Å². The number of hydrogen-bond acceptors (Lipinski definition) is 5. The van der Waals surface area contributed by atoms with Crippen molar-refractivity contribution in [1.29, 1.82) is 0 Å². The molecule has 0 saturated carbocycles. The molecule has 2 aromatic rings. The van der Waals surface area contributed by atoms with E-state index in [0.717, 1.165) is 5.56 Å². The van der Waals surface area contributed by atoms with Gasteiger partial charge in [-0.1, -0.05) is 6.07 Å². The highest BCUT2D eigenvalue weighted by Gasteiger charge is 2.30. The van der Waals surface area contributed by atoms with Gasteiger partial charge in [0.05, 0.1) is 29.9 Å². The zero-order chi connectivity index (χ0) is 16.6. The normalized spacial score (nSPS) is 14.1. The van der Waals surface area contributed by atoms with Gasteiger partial charge >= 0.3 is 0 Å². The Bertz CT molecular complexity index is 849. The molecule has 0 saturated heterocycles. The Morgan fingerprint density at radius 1 is 1.22 bits per heavy atom. The Kier molecular flexibility index (Phi) is 3.81. The van der Waals surface area contributed by atoms with Crippen LogP contribution >= 0.6 is 0 Å². The number of sulfonamides is 1. The smallest absolute Gasteiger partial charge is 0.264 e. The van der Waals surface area contributed by atoms with Gasteiger partial charge in [0.1, 0.15) is 18.1 Å². The molecule has 0 amide bonds. The molecule has 2 N–H and O–H groups in total. The maximum absolute atomic E-state index is 13.0. The summed E-state index contributed by atoms with van der Waals surface area (Å²) in [6.45, 7) is 2.47. The minimum absolute atomic E-state index is 0.130. The number of rotatable bonds is 3. The van der Waals surface area contributed by atoms with Crippen molar-refractivity contribution >= 4 is 21.4 Å². The van der Waals surface area contributed by atoms with Crippen molar-refractivity contribution in [1.82, 2.24) is 0 Å². The largest absolute Gasteiger partial charge is 0.495 e. The third kappa shape index (κ3) is 2.68. The third-order valence-electron chi connectivity index (χ3n) is 3.72. The van der Waals surface area contributed by atoms with Gasteiger partial charge in [-0.2, -0.15) is 0 Å². The minimum atomic E-state index is -3.72. The maximum atomic E-state index is 13.0. The van der Waals surface area contributed by atoms with Gasteiger partial charge in [0, 0.05) is 0 Å². The zero-order valence-corrected chi connectivity index (χ0v) is 13.8. The molecule has 0 unspecified atom stereocenters. The number of ether oxygens (including phenoxy) is 2. The minimum Gasteiger partial charge on any atom is -0.495 e. The van der Waals surface area contributed by atoms with E-state index in [1.54, 1.807) is 18.2 Å². The van der Waals surface area contributed by atoms with E-state index < -0.39 is 10.0 Å². The summed E-state index contributed by atoms with van der Waals surface area (Å²) in [5.74, 6) is 1.01. The first kappa shape index (κ1) is 15.5. The number of nitrogens with two attached hydrogens (primary N) is 1. The fourth-order valence-electron chi connectivity index (χ4n) is 2.55. The fraction of sp³-hybridized carbons (Fsp3) is 0.250. The van der Waals surface area contributed by atoms with Gasteiger partial charge in [-0.25, -0.2) is 8.42 Å². The van der Waals surface area contributed by atoms with Crippen LogP contribution in [0.25, 0.3) is 0 Å². The Labute approximate surface area is 135 Å². The standard InChI is InChI=1S/C16H18N2O4S/c1-11-3-5-16-14(9-11)18(7-8-22-16)23(19,20)12-4-6-15(21-2)13(17)10-12/h3-6,9-10H,7-8,17H2,1-2H3. The summed E-state index contributed by atoms with van der Waals surface area (Å²) in [7, 11) is -2.23. The van der Waals surface area contributed by atoms with Gasteiger partial charge in [-0.3, -0.25) is 4.31 Å². The quantitative estimate of drug-likeness (QED) is 0.870. The summed E-state index contributed by atoms with van der Waals surface area (Å²) in [4.78, 5) is 0.130. The second-order valence-corrected chi connectivity index (χ2v) is 7.16. The first-order valence-electron chi connectivity index (χ1n) is 7.13. The molecule has 0 aliphatic carbocycles. The van der Waals surface area contributed by atoms with E-state index in [9.17, 15) is 8.42 Å². The van der Waals surface area contributed by atoms with Gasteiger partial charge in [0.25, 0.3) is 10.0 Å². The predicted molar refractivity (Wildman–Crippen MR) is 88.6 cm³/mol. The van der Waals surface area contributed by atoms with Crippen LogP contribution in [0.1, 0.15) is 5.56 Å². The van der Waals surface area contributed by atoms with Crippen LogP contribution in [0.3, 0.4) is 0 Å². The van der Waals surface area contributed by atoms with Crippen molar-refractivity contribution in [3.8, 4) is 11.5 Å². The van der Waals surface area contributed by atoms with Crippen molar-refractivity contribution in [2.24, 2.45) is 0 Å². The van der Waals surface area contributed by atoms with Gasteiger partial charge < -0.3 is 15.2 Å². The third-order valence-corrected chi connectivity index (χ3v) is 5.53. The predicted octanol–water partition coefficient (Wildman–Crippen LogP) is 2.17. The van der Waals surface area contributed by atoms with E-state index in [2.05, 4.69) is 0 Å². The van der Waals surface area contributed by atoms with Crippen LogP contribution in [0.2, 0.25) is 0 Å². The number of anilines is 2. The van der Waals surface area contributed by atoms with Crippen LogP contribution in [0.15, 0.2) is 41.3 Å². The lowest BCUT2D eigenvalue weighted by Gasteiger charge is -2.30.